The Kier molecular flexibility index (Phi) is 5.12. The average molecular weight is 432 g/mol. The van der Waals surface area contributed by atoms with Crippen molar-refractivity contribution in [3.63, 3.8) is 0 Å². The van der Waals surface area contributed by atoms with Crippen LogP contribution in [0.2, 0.25) is 0 Å². The molecule has 2 atom stereocenters. The number of hydrogen-bond acceptors (Lipinski definition) is 7. The summed E-state index contributed by atoms with van der Waals surface area (Å²) in [6, 6.07) is 0.872. The lowest BCUT2D eigenvalue weighted by atomic mass is 9.89. The number of rotatable bonds is 4. The number of nitrogens with two attached hydrogens (primary N) is 1. The molecule has 0 radical (unpaired) electrons. The van der Waals surface area contributed by atoms with Gasteiger partial charge in [-0.3, -0.25) is 4.79 Å². The molecule has 0 saturated carbocycles. The number of hydrogen-bond donors (Lipinski definition) is 2. The van der Waals surface area contributed by atoms with Crippen molar-refractivity contribution in [1.29, 1.82) is 0 Å². The Labute approximate surface area is 177 Å². The van der Waals surface area contributed by atoms with Gasteiger partial charge in [-0.25, -0.2) is 9.18 Å². The van der Waals surface area contributed by atoms with Gasteiger partial charge in [-0.15, -0.1) is 0 Å². The largest absolute Gasteiger partial charge is 0.487 e. The zero-order valence-corrected chi connectivity index (χ0v) is 17.6. The Bertz CT molecular complexity index is 1160. The van der Waals surface area contributed by atoms with E-state index in [0.29, 0.717) is 30.8 Å². The predicted molar refractivity (Wildman–Crippen MR) is 114 cm³/mol. The Morgan fingerprint density at radius 2 is 2.26 bits per heavy atom. The maximum atomic E-state index is 15.4. The van der Waals surface area contributed by atoms with Gasteiger partial charge in [-0.2, -0.15) is 0 Å². The number of carboxylic acids is 1. The summed E-state index contributed by atoms with van der Waals surface area (Å²) in [5.41, 5.74) is 5.75. The fourth-order valence-electron chi connectivity index (χ4n) is 4.24. The van der Waals surface area contributed by atoms with Crippen molar-refractivity contribution in [2.75, 3.05) is 31.2 Å². The first-order valence-electron chi connectivity index (χ1n) is 10.2. The maximum Gasteiger partial charge on any atom is 0.341 e. The zero-order chi connectivity index (χ0) is 22.5. The number of halogens is 1. The van der Waals surface area contributed by atoms with Crippen molar-refractivity contribution in [3.05, 3.63) is 33.9 Å². The molecule has 1 saturated heterocycles. The molecule has 0 aliphatic carbocycles. The molecular weight excluding hydrogens is 407 g/mol. The zero-order valence-electron chi connectivity index (χ0n) is 17.6. The normalized spacial score (nSPS) is 24.4. The maximum absolute atomic E-state index is 15.4. The van der Waals surface area contributed by atoms with Crippen LogP contribution in [0.15, 0.2) is 22.2 Å². The van der Waals surface area contributed by atoms with Gasteiger partial charge >= 0.3 is 5.97 Å². The monoisotopic (exact) mass is 432 g/mol. The molecule has 2 aliphatic heterocycles. The van der Waals surface area contributed by atoms with Crippen LogP contribution in [0.4, 0.5) is 10.1 Å². The number of carbonyl (C=O) groups is 1. The van der Waals surface area contributed by atoms with E-state index in [4.69, 9.17) is 15.3 Å². The number of piperidine rings is 1. The van der Waals surface area contributed by atoms with Crippen LogP contribution in [0.5, 0.6) is 5.75 Å². The molecule has 0 amide bonds. The van der Waals surface area contributed by atoms with Crippen LogP contribution in [0.3, 0.4) is 0 Å². The van der Waals surface area contributed by atoms with E-state index >= 15 is 4.39 Å². The van der Waals surface area contributed by atoms with Crippen molar-refractivity contribution < 1.29 is 23.9 Å². The lowest BCUT2D eigenvalue weighted by molar-refractivity contribution is 0.0694. The summed E-state index contributed by atoms with van der Waals surface area (Å²) in [4.78, 5) is 31.2. The lowest BCUT2D eigenvalue weighted by Gasteiger charge is -2.41. The summed E-state index contributed by atoms with van der Waals surface area (Å²) in [7, 11) is 0. The van der Waals surface area contributed by atoms with Gasteiger partial charge in [0.25, 0.3) is 0 Å². The smallest absolute Gasteiger partial charge is 0.341 e. The van der Waals surface area contributed by atoms with E-state index in [-0.39, 0.29) is 36.0 Å². The second kappa shape index (κ2) is 7.52. The highest BCUT2D eigenvalue weighted by Gasteiger charge is 2.38. The summed E-state index contributed by atoms with van der Waals surface area (Å²) in [5.74, 6) is -1.79. The first kappa shape index (κ1) is 21.1. The van der Waals surface area contributed by atoms with Crippen molar-refractivity contribution in [2.45, 2.75) is 38.8 Å². The predicted octanol–water partition coefficient (Wildman–Crippen LogP) is 2.11. The van der Waals surface area contributed by atoms with Crippen LogP contribution in [0.1, 0.15) is 43.6 Å². The lowest BCUT2D eigenvalue weighted by Crippen LogP contribution is -2.59. The molecule has 0 bridgehead atoms. The molecule has 9 nitrogen and oxygen atoms in total. The van der Waals surface area contributed by atoms with Crippen LogP contribution >= 0.6 is 0 Å². The third kappa shape index (κ3) is 3.40. The first-order chi connectivity index (χ1) is 14.7. The number of ether oxygens (including phenoxy) is 1. The van der Waals surface area contributed by atoms with E-state index in [0.717, 1.165) is 6.07 Å². The standard InChI is InChI=1S/C21H25FN4O5/c1-4-31-24-15-5-6-25(10-21(15,3)23)17-14(22)7-12-16-19(17)30-9-11(2)26(16)8-13(18(12)27)20(28)29/h7-8,11H,4-6,9-10,23H2,1-3H3,(H,28,29)/b24-15+/t11-,21?/m0/s1. The molecule has 4 rings (SSSR count). The highest BCUT2D eigenvalue weighted by atomic mass is 19.1. The van der Waals surface area contributed by atoms with Gasteiger partial charge in [0, 0.05) is 25.7 Å². The number of nitrogens with zero attached hydrogens (tertiary/aromatic N) is 3. The van der Waals surface area contributed by atoms with E-state index in [1.165, 1.54) is 6.20 Å². The van der Waals surface area contributed by atoms with Gasteiger partial charge < -0.3 is 29.9 Å². The van der Waals surface area contributed by atoms with E-state index < -0.39 is 28.3 Å². The number of carboxylic acid groups (broad SMARTS) is 1. The molecule has 3 N–H and O–H groups in total. The van der Waals surface area contributed by atoms with Crippen LogP contribution in [0.25, 0.3) is 10.9 Å². The fourth-order valence-corrected chi connectivity index (χ4v) is 4.24. The molecule has 1 unspecified atom stereocenters. The van der Waals surface area contributed by atoms with Crippen molar-refractivity contribution in [3.8, 4) is 5.75 Å². The van der Waals surface area contributed by atoms with Gasteiger partial charge in [0.2, 0.25) is 5.43 Å². The second-order valence-electron chi connectivity index (χ2n) is 8.22. The Morgan fingerprint density at radius 3 is 2.90 bits per heavy atom. The average Bonchev–Trinajstić information content (AvgIpc) is 2.70. The summed E-state index contributed by atoms with van der Waals surface area (Å²) in [6.07, 6.45) is 1.78. The molecule has 2 aliphatic rings. The van der Waals surface area contributed by atoms with Crippen LogP contribution in [-0.4, -0.2) is 53.2 Å². The SMILES string of the molecule is CCO/N=C1\CCN(c2c(F)cc3c(=O)c(C(=O)O)cn4c3c2OC[C@@H]4C)CC1(C)N. The number of aromatic carboxylic acids is 1. The van der Waals surface area contributed by atoms with E-state index in [1.54, 1.807) is 16.4 Å². The molecule has 31 heavy (non-hydrogen) atoms. The number of benzene rings is 1. The third-order valence-electron chi connectivity index (χ3n) is 5.79. The molecule has 1 aromatic heterocycles. The number of anilines is 1. The van der Waals surface area contributed by atoms with Crippen molar-refractivity contribution >= 4 is 28.3 Å². The molecule has 0 spiro atoms. The van der Waals surface area contributed by atoms with Gasteiger partial charge in [0.05, 0.1) is 28.2 Å². The fraction of sp³-hybridized carbons (Fsp3) is 0.476. The van der Waals surface area contributed by atoms with Crippen LogP contribution in [0, 0.1) is 5.82 Å². The second-order valence-corrected chi connectivity index (χ2v) is 8.22. The summed E-state index contributed by atoms with van der Waals surface area (Å²) in [5, 5.41) is 13.5. The van der Waals surface area contributed by atoms with Gasteiger partial charge in [-0.1, -0.05) is 5.16 Å². The summed E-state index contributed by atoms with van der Waals surface area (Å²) >= 11 is 0. The quantitative estimate of drug-likeness (QED) is 0.710. The van der Waals surface area contributed by atoms with Gasteiger partial charge in [-0.05, 0) is 26.8 Å². The minimum Gasteiger partial charge on any atom is -0.487 e. The van der Waals surface area contributed by atoms with E-state index in [9.17, 15) is 14.7 Å². The minimum atomic E-state index is -1.35. The van der Waals surface area contributed by atoms with Gasteiger partial charge in [0.15, 0.2) is 11.6 Å². The Balaban J connectivity index is 1.88. The molecule has 2 aromatic rings. The summed E-state index contributed by atoms with van der Waals surface area (Å²) in [6.45, 7) is 6.82. The molecule has 1 aromatic carbocycles. The minimum absolute atomic E-state index is 0.0196. The molecule has 3 heterocycles. The van der Waals surface area contributed by atoms with Crippen molar-refractivity contribution in [1.82, 2.24) is 4.57 Å². The molecule has 10 heteroatoms. The highest BCUT2D eigenvalue weighted by molar-refractivity contribution is 5.98. The first-order valence-corrected chi connectivity index (χ1v) is 10.2. The molecule has 166 valence electrons. The number of oxime groups is 1. The summed E-state index contributed by atoms with van der Waals surface area (Å²) < 4.78 is 22.9. The topological polar surface area (TPSA) is 119 Å². The van der Waals surface area contributed by atoms with Crippen LogP contribution in [-0.2, 0) is 4.84 Å². The number of aromatic nitrogens is 1. The van der Waals surface area contributed by atoms with Gasteiger partial charge in [0.1, 0.15) is 24.5 Å². The van der Waals surface area contributed by atoms with E-state index in [1.807, 2.05) is 13.8 Å². The molecular formula is C21H25FN4O5. The number of pyridine rings is 1. The highest BCUT2D eigenvalue weighted by Crippen LogP contribution is 2.42. The molecule has 1 fully saturated rings. The van der Waals surface area contributed by atoms with Crippen LogP contribution < -0.4 is 20.8 Å². The van der Waals surface area contributed by atoms with E-state index in [2.05, 4.69) is 5.16 Å². The third-order valence-corrected chi connectivity index (χ3v) is 5.79. The van der Waals surface area contributed by atoms with Crippen molar-refractivity contribution in [2.24, 2.45) is 10.9 Å². The Hall–Kier alpha value is -3.14. The Morgan fingerprint density at radius 1 is 1.52 bits per heavy atom.